The topological polar surface area (TPSA) is 31.0 Å². The van der Waals surface area contributed by atoms with Gasteiger partial charge in [-0.3, -0.25) is 0 Å². The quantitative estimate of drug-likeness (QED) is 0.310. The van der Waals surface area contributed by atoms with Crippen LogP contribution in [-0.4, -0.2) is 40.8 Å². The zero-order valence-corrected chi connectivity index (χ0v) is 11.0. The van der Waals surface area contributed by atoms with Crippen LogP contribution in [0.15, 0.2) is 0 Å². The Labute approximate surface area is 93.1 Å². The molecule has 86 valence electrons. The van der Waals surface area contributed by atoms with Crippen LogP contribution in [-0.2, 0) is 14.2 Å². The lowest BCUT2D eigenvalue weighted by molar-refractivity contribution is -0.0773. The monoisotopic (exact) mass is 228 g/mol. The Balaban J connectivity index is 2.33. The Morgan fingerprint density at radius 1 is 1.47 bits per heavy atom. The van der Waals surface area contributed by atoms with Crippen LogP contribution in [0.4, 0.5) is 0 Å². The van der Waals surface area contributed by atoms with Crippen molar-refractivity contribution in [1.29, 1.82) is 0 Å². The van der Waals surface area contributed by atoms with Gasteiger partial charge in [-0.2, -0.15) is 0 Å². The van der Waals surface area contributed by atoms with Crippen LogP contribution in [0.2, 0.25) is 19.6 Å². The molecular weight excluding hydrogens is 208 g/mol. The summed E-state index contributed by atoms with van der Waals surface area (Å²) in [6.45, 7) is 7.82. The first-order valence-corrected chi connectivity index (χ1v) is 8.75. The summed E-state index contributed by atoms with van der Waals surface area (Å²) in [6, 6.07) is 0. The minimum atomic E-state index is -1.26. The fraction of sp³-hybridized carbons (Fsp3) is 0.818. The van der Waals surface area contributed by atoms with Crippen molar-refractivity contribution in [3.05, 3.63) is 0 Å². The molecule has 0 bridgehead atoms. The lowest BCUT2D eigenvalue weighted by Gasteiger charge is -2.12. The van der Waals surface area contributed by atoms with Crippen molar-refractivity contribution in [3.8, 4) is 11.5 Å². The van der Waals surface area contributed by atoms with Crippen LogP contribution in [0.3, 0.4) is 0 Å². The third-order valence-electron chi connectivity index (χ3n) is 1.94. The molecule has 0 radical (unpaired) electrons. The van der Waals surface area contributed by atoms with Gasteiger partial charge in [0, 0.05) is 13.5 Å². The van der Waals surface area contributed by atoms with Crippen molar-refractivity contribution in [1.82, 2.24) is 0 Å². The predicted molar refractivity (Wildman–Crippen MR) is 62.2 cm³/mol. The Morgan fingerprint density at radius 3 is 2.60 bits per heavy atom. The highest BCUT2D eigenvalue weighted by Crippen LogP contribution is 2.19. The molecule has 0 aliphatic carbocycles. The molecular formula is C11H20O3Si. The summed E-state index contributed by atoms with van der Waals surface area (Å²) >= 11 is 0. The molecule has 0 aromatic carbocycles. The fourth-order valence-corrected chi connectivity index (χ4v) is 1.77. The summed E-state index contributed by atoms with van der Waals surface area (Å²) in [4.78, 5) is 0. The number of epoxide rings is 1. The van der Waals surface area contributed by atoms with E-state index in [1.165, 1.54) is 0 Å². The number of rotatable bonds is 5. The lowest BCUT2D eigenvalue weighted by Crippen LogP contribution is -2.21. The van der Waals surface area contributed by atoms with Crippen LogP contribution in [0.1, 0.15) is 6.42 Å². The average molecular weight is 228 g/mol. The Morgan fingerprint density at radius 2 is 2.13 bits per heavy atom. The van der Waals surface area contributed by atoms with Crippen LogP contribution in [0, 0.1) is 11.5 Å². The van der Waals surface area contributed by atoms with Gasteiger partial charge in [-0.25, -0.2) is 0 Å². The van der Waals surface area contributed by atoms with Crippen molar-refractivity contribution >= 4 is 8.07 Å². The molecule has 1 aliphatic heterocycles. The summed E-state index contributed by atoms with van der Waals surface area (Å²) in [5.41, 5.74) is 3.32. The second kappa shape index (κ2) is 5.66. The zero-order valence-electron chi connectivity index (χ0n) is 10.0. The molecule has 0 aromatic heterocycles. The summed E-state index contributed by atoms with van der Waals surface area (Å²) < 4.78 is 15.6. The molecule has 0 aromatic rings. The number of hydrogen-bond donors (Lipinski definition) is 0. The van der Waals surface area contributed by atoms with Gasteiger partial charge in [0.1, 0.15) is 21.0 Å². The molecule has 4 heteroatoms. The van der Waals surface area contributed by atoms with Crippen molar-refractivity contribution in [2.45, 2.75) is 38.3 Å². The minimum Gasteiger partial charge on any atom is -0.370 e. The van der Waals surface area contributed by atoms with Gasteiger partial charge in [-0.15, -0.1) is 11.5 Å². The molecule has 1 fully saturated rings. The normalized spacial score (nSPS) is 21.7. The van der Waals surface area contributed by atoms with Crippen LogP contribution < -0.4 is 0 Å². The summed E-state index contributed by atoms with van der Waals surface area (Å²) in [6.07, 6.45) is 1.06. The van der Waals surface area contributed by atoms with E-state index in [9.17, 15) is 0 Å². The zero-order chi connectivity index (χ0) is 11.3. The predicted octanol–water partition coefficient (Wildman–Crippen LogP) is 1.65. The van der Waals surface area contributed by atoms with Gasteiger partial charge in [0.25, 0.3) is 0 Å². The SMILES string of the molecule is COCO[C@H](CC#C[Si](C)(C)C)[C@@H]1CO1. The van der Waals surface area contributed by atoms with Crippen molar-refractivity contribution in [2.24, 2.45) is 0 Å². The van der Waals surface area contributed by atoms with Gasteiger partial charge in [-0.05, 0) is 0 Å². The van der Waals surface area contributed by atoms with E-state index in [0.717, 1.165) is 13.0 Å². The average Bonchev–Trinajstić information content (AvgIpc) is 2.92. The molecule has 1 heterocycles. The third-order valence-corrected chi connectivity index (χ3v) is 2.87. The maximum absolute atomic E-state index is 5.50. The number of hydrogen-bond acceptors (Lipinski definition) is 3. The van der Waals surface area contributed by atoms with E-state index in [1.54, 1.807) is 7.11 Å². The first-order chi connectivity index (χ1) is 7.03. The molecule has 0 unspecified atom stereocenters. The fourth-order valence-electron chi connectivity index (χ4n) is 1.14. The van der Waals surface area contributed by atoms with E-state index >= 15 is 0 Å². The highest BCUT2D eigenvalue weighted by molar-refractivity contribution is 6.83. The van der Waals surface area contributed by atoms with Gasteiger partial charge < -0.3 is 14.2 Å². The third kappa shape index (κ3) is 5.95. The summed E-state index contributed by atoms with van der Waals surface area (Å²) in [5.74, 6) is 3.21. The molecule has 0 saturated carbocycles. The van der Waals surface area contributed by atoms with Crippen LogP contribution in [0.25, 0.3) is 0 Å². The molecule has 1 aliphatic rings. The van der Waals surface area contributed by atoms with Gasteiger partial charge in [0.05, 0.1) is 12.7 Å². The first-order valence-electron chi connectivity index (χ1n) is 5.25. The summed E-state index contributed by atoms with van der Waals surface area (Å²) in [7, 11) is 0.365. The molecule has 1 saturated heterocycles. The second-order valence-corrected chi connectivity index (χ2v) is 9.49. The maximum atomic E-state index is 5.50. The first kappa shape index (κ1) is 12.7. The molecule has 1 rings (SSSR count). The maximum Gasteiger partial charge on any atom is 0.146 e. The van der Waals surface area contributed by atoms with E-state index in [0.29, 0.717) is 6.79 Å². The number of methoxy groups -OCH3 is 1. The molecule has 0 spiro atoms. The molecule has 0 N–H and O–H groups in total. The molecule has 0 amide bonds. The van der Waals surface area contributed by atoms with Gasteiger partial charge in [-0.1, -0.05) is 19.6 Å². The van der Waals surface area contributed by atoms with Crippen molar-refractivity contribution < 1.29 is 14.2 Å². The van der Waals surface area contributed by atoms with Crippen molar-refractivity contribution in [3.63, 3.8) is 0 Å². The minimum absolute atomic E-state index is 0.0776. The smallest absolute Gasteiger partial charge is 0.146 e. The van der Waals surface area contributed by atoms with Crippen LogP contribution >= 0.6 is 0 Å². The van der Waals surface area contributed by atoms with Gasteiger partial charge in [0.15, 0.2) is 0 Å². The molecule has 15 heavy (non-hydrogen) atoms. The van der Waals surface area contributed by atoms with E-state index in [-0.39, 0.29) is 12.2 Å². The summed E-state index contributed by atoms with van der Waals surface area (Å²) in [5, 5.41) is 0. The molecule has 3 nitrogen and oxygen atoms in total. The van der Waals surface area contributed by atoms with E-state index in [2.05, 4.69) is 31.1 Å². The Kier molecular flexibility index (Phi) is 4.80. The highest BCUT2D eigenvalue weighted by Gasteiger charge is 2.33. The second-order valence-electron chi connectivity index (χ2n) is 4.74. The molecule has 2 atom stereocenters. The van der Waals surface area contributed by atoms with Crippen molar-refractivity contribution in [2.75, 3.05) is 20.5 Å². The standard InChI is InChI=1S/C11H20O3Si/c1-12-9-14-10(11-8-13-11)6-5-7-15(2,3)4/h10-11H,6,8-9H2,1-4H3/t10-,11+/m1/s1. The number of ether oxygens (including phenoxy) is 3. The lowest BCUT2D eigenvalue weighted by atomic mass is 10.2. The van der Waals surface area contributed by atoms with Gasteiger partial charge >= 0.3 is 0 Å². The van der Waals surface area contributed by atoms with E-state index in [1.807, 2.05) is 0 Å². The Hall–Kier alpha value is -0.343. The van der Waals surface area contributed by atoms with Gasteiger partial charge in [0.2, 0.25) is 0 Å². The Bertz CT molecular complexity index is 245. The van der Waals surface area contributed by atoms with E-state index < -0.39 is 8.07 Å². The highest BCUT2D eigenvalue weighted by atomic mass is 28.3. The van der Waals surface area contributed by atoms with Crippen LogP contribution in [0.5, 0.6) is 0 Å². The van der Waals surface area contributed by atoms with E-state index in [4.69, 9.17) is 14.2 Å². The largest absolute Gasteiger partial charge is 0.370 e.